The van der Waals surface area contributed by atoms with Crippen molar-refractivity contribution < 1.29 is 4.79 Å². The Morgan fingerprint density at radius 1 is 1.45 bits per heavy atom. The third-order valence-corrected chi connectivity index (χ3v) is 4.40. The van der Waals surface area contributed by atoms with Crippen LogP contribution in [-0.4, -0.2) is 22.4 Å². The molecule has 1 amide bonds. The number of nitrogen functional groups attached to an aromatic ring is 1. The SMILES string of the molecule is CCCNc1nc(N)c(C(=O)NCc2ncc(C)s2)s1. The lowest BCUT2D eigenvalue weighted by molar-refractivity contribution is 0.0955. The van der Waals surface area contributed by atoms with E-state index in [1.54, 1.807) is 17.5 Å². The predicted octanol–water partition coefficient (Wildman–Crippen LogP) is 2.24. The van der Waals surface area contributed by atoms with E-state index in [0.717, 1.165) is 22.9 Å². The highest BCUT2D eigenvalue weighted by molar-refractivity contribution is 7.18. The van der Waals surface area contributed by atoms with Crippen molar-refractivity contribution in [1.29, 1.82) is 0 Å². The van der Waals surface area contributed by atoms with E-state index in [0.29, 0.717) is 16.6 Å². The van der Waals surface area contributed by atoms with E-state index in [4.69, 9.17) is 5.73 Å². The molecule has 0 aromatic carbocycles. The highest BCUT2D eigenvalue weighted by Gasteiger charge is 2.16. The Morgan fingerprint density at radius 2 is 2.25 bits per heavy atom. The first-order chi connectivity index (χ1) is 9.60. The summed E-state index contributed by atoms with van der Waals surface area (Å²) >= 11 is 2.84. The number of hydrogen-bond acceptors (Lipinski definition) is 7. The summed E-state index contributed by atoms with van der Waals surface area (Å²) in [5, 5.41) is 7.49. The van der Waals surface area contributed by atoms with Gasteiger partial charge in [0, 0.05) is 17.6 Å². The second-order valence-corrected chi connectivity index (χ2v) is 6.53. The second kappa shape index (κ2) is 6.67. The molecule has 0 spiro atoms. The van der Waals surface area contributed by atoms with E-state index < -0.39 is 0 Å². The fourth-order valence-electron chi connectivity index (χ4n) is 1.52. The number of anilines is 2. The maximum absolute atomic E-state index is 12.1. The Hall–Kier alpha value is -1.67. The molecule has 0 radical (unpaired) electrons. The van der Waals surface area contributed by atoms with Crippen LogP contribution in [0.15, 0.2) is 6.20 Å². The van der Waals surface area contributed by atoms with Gasteiger partial charge in [-0.3, -0.25) is 4.79 Å². The molecule has 2 aromatic rings. The lowest BCUT2D eigenvalue weighted by Gasteiger charge is -2.00. The average molecular weight is 311 g/mol. The number of nitrogens with zero attached hydrogens (tertiary/aromatic N) is 2. The Balaban J connectivity index is 1.96. The van der Waals surface area contributed by atoms with E-state index in [9.17, 15) is 4.79 Å². The molecule has 0 unspecified atom stereocenters. The normalized spacial score (nSPS) is 10.5. The van der Waals surface area contributed by atoms with E-state index in [-0.39, 0.29) is 11.7 Å². The van der Waals surface area contributed by atoms with Crippen LogP contribution < -0.4 is 16.4 Å². The minimum absolute atomic E-state index is 0.211. The Morgan fingerprint density at radius 3 is 2.90 bits per heavy atom. The first kappa shape index (κ1) is 14.7. The quantitative estimate of drug-likeness (QED) is 0.761. The number of carbonyl (C=O) groups is 1. The summed E-state index contributed by atoms with van der Waals surface area (Å²) in [6.07, 6.45) is 2.78. The number of carbonyl (C=O) groups excluding carboxylic acids is 1. The summed E-state index contributed by atoms with van der Waals surface area (Å²) in [6, 6.07) is 0. The molecular formula is C12H17N5OS2. The Kier molecular flexibility index (Phi) is 4.91. The second-order valence-electron chi connectivity index (χ2n) is 4.21. The molecule has 2 rings (SSSR count). The average Bonchev–Trinajstić information content (AvgIpc) is 3.00. The van der Waals surface area contributed by atoms with Crippen LogP contribution in [0.2, 0.25) is 0 Å². The molecule has 0 saturated carbocycles. The zero-order chi connectivity index (χ0) is 14.5. The summed E-state index contributed by atoms with van der Waals surface area (Å²) in [7, 11) is 0. The molecule has 4 N–H and O–H groups in total. The molecular weight excluding hydrogens is 294 g/mol. The number of rotatable bonds is 6. The number of aryl methyl sites for hydroxylation is 1. The fraction of sp³-hybridized carbons (Fsp3) is 0.417. The van der Waals surface area contributed by atoms with E-state index in [1.165, 1.54) is 11.3 Å². The van der Waals surface area contributed by atoms with Crippen LogP contribution in [0, 0.1) is 6.92 Å². The van der Waals surface area contributed by atoms with Crippen LogP contribution in [0.3, 0.4) is 0 Å². The molecule has 0 aliphatic carbocycles. The van der Waals surface area contributed by atoms with Crippen molar-refractivity contribution in [1.82, 2.24) is 15.3 Å². The minimum atomic E-state index is -0.211. The number of nitrogens with one attached hydrogen (secondary N) is 2. The first-order valence-electron chi connectivity index (χ1n) is 6.29. The van der Waals surface area contributed by atoms with Crippen LogP contribution in [0.25, 0.3) is 0 Å². The number of amides is 1. The number of thiazole rings is 2. The number of nitrogens with two attached hydrogens (primary N) is 1. The maximum Gasteiger partial charge on any atom is 0.265 e. The zero-order valence-corrected chi connectivity index (χ0v) is 13.0. The van der Waals surface area contributed by atoms with Gasteiger partial charge in [0.15, 0.2) is 5.13 Å². The molecule has 0 aliphatic heterocycles. The van der Waals surface area contributed by atoms with Crippen LogP contribution in [0.4, 0.5) is 10.9 Å². The Bertz CT molecular complexity index is 592. The van der Waals surface area contributed by atoms with Crippen molar-refractivity contribution >= 4 is 39.5 Å². The van der Waals surface area contributed by atoms with Gasteiger partial charge >= 0.3 is 0 Å². The molecule has 0 bridgehead atoms. The molecule has 8 heteroatoms. The molecule has 2 heterocycles. The third kappa shape index (κ3) is 3.67. The van der Waals surface area contributed by atoms with E-state index in [1.807, 2.05) is 6.92 Å². The smallest absolute Gasteiger partial charge is 0.265 e. The number of hydrogen-bond donors (Lipinski definition) is 3. The van der Waals surface area contributed by atoms with Crippen LogP contribution in [0.5, 0.6) is 0 Å². The molecule has 0 aliphatic rings. The van der Waals surface area contributed by atoms with Gasteiger partial charge in [-0.15, -0.1) is 11.3 Å². The summed E-state index contributed by atoms with van der Waals surface area (Å²) in [5.41, 5.74) is 5.77. The lowest BCUT2D eigenvalue weighted by atomic mass is 10.4. The largest absolute Gasteiger partial charge is 0.382 e. The lowest BCUT2D eigenvalue weighted by Crippen LogP contribution is -2.22. The molecule has 0 fully saturated rings. The molecule has 108 valence electrons. The van der Waals surface area contributed by atoms with Crippen molar-refractivity contribution in [2.45, 2.75) is 26.8 Å². The van der Waals surface area contributed by atoms with Crippen molar-refractivity contribution in [3.63, 3.8) is 0 Å². The topological polar surface area (TPSA) is 92.9 Å². The van der Waals surface area contributed by atoms with Gasteiger partial charge < -0.3 is 16.4 Å². The van der Waals surface area contributed by atoms with Gasteiger partial charge in [0.1, 0.15) is 15.7 Å². The van der Waals surface area contributed by atoms with Gasteiger partial charge in [-0.1, -0.05) is 18.3 Å². The molecule has 0 saturated heterocycles. The van der Waals surface area contributed by atoms with Gasteiger partial charge in [0.2, 0.25) is 0 Å². The summed E-state index contributed by atoms with van der Waals surface area (Å²) in [4.78, 5) is 22.0. The van der Waals surface area contributed by atoms with Gasteiger partial charge in [0.05, 0.1) is 6.54 Å². The highest BCUT2D eigenvalue weighted by atomic mass is 32.1. The van der Waals surface area contributed by atoms with Gasteiger partial charge in [-0.2, -0.15) is 0 Å². The first-order valence-corrected chi connectivity index (χ1v) is 7.93. The minimum Gasteiger partial charge on any atom is -0.382 e. The van der Waals surface area contributed by atoms with Crippen molar-refractivity contribution in [2.24, 2.45) is 0 Å². The van der Waals surface area contributed by atoms with Gasteiger partial charge in [-0.25, -0.2) is 9.97 Å². The molecule has 6 nitrogen and oxygen atoms in total. The summed E-state index contributed by atoms with van der Waals surface area (Å²) in [5.74, 6) is 0.0545. The summed E-state index contributed by atoms with van der Waals surface area (Å²) < 4.78 is 0. The maximum atomic E-state index is 12.1. The van der Waals surface area contributed by atoms with Crippen LogP contribution in [0.1, 0.15) is 32.9 Å². The van der Waals surface area contributed by atoms with E-state index >= 15 is 0 Å². The monoisotopic (exact) mass is 311 g/mol. The highest BCUT2D eigenvalue weighted by Crippen LogP contribution is 2.24. The van der Waals surface area contributed by atoms with Crippen molar-refractivity contribution in [3.05, 3.63) is 21.0 Å². The van der Waals surface area contributed by atoms with Gasteiger partial charge in [0.25, 0.3) is 5.91 Å². The third-order valence-electron chi connectivity index (χ3n) is 2.46. The zero-order valence-electron chi connectivity index (χ0n) is 11.4. The van der Waals surface area contributed by atoms with Crippen LogP contribution >= 0.6 is 22.7 Å². The Labute approximate surface area is 125 Å². The van der Waals surface area contributed by atoms with Gasteiger partial charge in [-0.05, 0) is 13.3 Å². The van der Waals surface area contributed by atoms with Crippen molar-refractivity contribution in [2.75, 3.05) is 17.6 Å². The van der Waals surface area contributed by atoms with Crippen LogP contribution in [-0.2, 0) is 6.54 Å². The van der Waals surface area contributed by atoms with E-state index in [2.05, 4.69) is 27.5 Å². The predicted molar refractivity (Wildman–Crippen MR) is 83.3 cm³/mol. The molecule has 20 heavy (non-hydrogen) atoms. The van der Waals surface area contributed by atoms with Crippen molar-refractivity contribution in [3.8, 4) is 0 Å². The standard InChI is InChI=1S/C12H17N5OS2/c1-3-4-14-12-17-10(13)9(20-12)11(18)16-6-8-15-5-7(2)19-8/h5H,3-4,6,13H2,1-2H3,(H,14,17)(H,16,18). The molecule has 2 aromatic heterocycles. The fourth-order valence-corrected chi connectivity index (χ4v) is 3.07. The molecule has 0 atom stereocenters. The number of aromatic nitrogens is 2. The summed E-state index contributed by atoms with van der Waals surface area (Å²) in [6.45, 7) is 5.27.